The predicted molar refractivity (Wildman–Crippen MR) is 85.0 cm³/mol. The van der Waals surface area contributed by atoms with Gasteiger partial charge in [0.1, 0.15) is 17.3 Å². The van der Waals surface area contributed by atoms with Crippen molar-refractivity contribution in [1.82, 2.24) is 25.5 Å². The first-order valence-electron chi connectivity index (χ1n) is 7.17. The van der Waals surface area contributed by atoms with Crippen molar-refractivity contribution in [3.8, 4) is 17.0 Å². The van der Waals surface area contributed by atoms with Crippen LogP contribution in [0.15, 0.2) is 42.7 Å². The summed E-state index contributed by atoms with van der Waals surface area (Å²) in [5.74, 6) is 1.20. The number of nitrogens with zero attached hydrogens (tertiary/aromatic N) is 2. The van der Waals surface area contributed by atoms with Gasteiger partial charge in [0.25, 0.3) is 5.91 Å². The van der Waals surface area contributed by atoms with E-state index < -0.39 is 0 Å². The normalized spacial score (nSPS) is 11.9. The van der Waals surface area contributed by atoms with Gasteiger partial charge in [-0.15, -0.1) is 0 Å². The monoisotopic (exact) mass is 311 g/mol. The van der Waals surface area contributed by atoms with Gasteiger partial charge in [-0.1, -0.05) is 12.1 Å². The number of carbonyl (C=O) groups is 1. The molecule has 0 unspecified atom stereocenters. The molecule has 0 aliphatic carbocycles. The number of imidazole rings is 1. The molecule has 0 radical (unpaired) electrons. The Hall–Kier alpha value is -3.09. The first kappa shape index (κ1) is 14.8. The van der Waals surface area contributed by atoms with Crippen LogP contribution in [0.1, 0.15) is 29.3 Å². The minimum absolute atomic E-state index is 0.221. The third-order valence-corrected chi connectivity index (χ3v) is 3.47. The quantitative estimate of drug-likeness (QED) is 0.673. The number of benzene rings is 1. The summed E-state index contributed by atoms with van der Waals surface area (Å²) in [5, 5.41) is 9.80. The van der Waals surface area contributed by atoms with Crippen LogP contribution >= 0.6 is 0 Å². The largest absolute Gasteiger partial charge is 0.497 e. The fourth-order valence-electron chi connectivity index (χ4n) is 2.23. The van der Waals surface area contributed by atoms with E-state index in [0.29, 0.717) is 17.2 Å². The number of nitrogens with one attached hydrogen (secondary N) is 3. The molecule has 0 aliphatic rings. The molecule has 7 heteroatoms. The zero-order chi connectivity index (χ0) is 16.2. The highest BCUT2D eigenvalue weighted by Crippen LogP contribution is 2.22. The molecule has 0 fully saturated rings. The zero-order valence-corrected chi connectivity index (χ0v) is 12.8. The van der Waals surface area contributed by atoms with Crippen molar-refractivity contribution in [3.63, 3.8) is 0 Å². The van der Waals surface area contributed by atoms with Crippen molar-refractivity contribution in [2.24, 2.45) is 0 Å². The van der Waals surface area contributed by atoms with Crippen molar-refractivity contribution in [3.05, 3.63) is 54.2 Å². The number of aromatic amines is 2. The maximum absolute atomic E-state index is 12.3. The number of methoxy groups -OCH3 is 1. The van der Waals surface area contributed by atoms with E-state index in [1.54, 1.807) is 25.6 Å². The van der Waals surface area contributed by atoms with Crippen LogP contribution in [0.3, 0.4) is 0 Å². The molecule has 0 saturated carbocycles. The Bertz CT molecular complexity index is 794. The summed E-state index contributed by atoms with van der Waals surface area (Å²) in [6, 6.07) is 8.99. The third-order valence-electron chi connectivity index (χ3n) is 3.47. The van der Waals surface area contributed by atoms with Crippen molar-refractivity contribution >= 4 is 5.91 Å². The van der Waals surface area contributed by atoms with Gasteiger partial charge >= 0.3 is 0 Å². The smallest absolute Gasteiger partial charge is 0.269 e. The van der Waals surface area contributed by atoms with Crippen LogP contribution in [0.5, 0.6) is 5.75 Å². The molecular formula is C16H17N5O2. The molecule has 3 aromatic rings. The van der Waals surface area contributed by atoms with Gasteiger partial charge in [0, 0.05) is 18.0 Å². The molecule has 1 amide bonds. The molecule has 118 valence electrons. The van der Waals surface area contributed by atoms with Crippen LogP contribution < -0.4 is 10.1 Å². The Morgan fingerprint density at radius 3 is 2.96 bits per heavy atom. The highest BCUT2D eigenvalue weighted by molar-refractivity contribution is 5.93. The van der Waals surface area contributed by atoms with Crippen LogP contribution in [0, 0.1) is 0 Å². The summed E-state index contributed by atoms with van der Waals surface area (Å²) in [7, 11) is 1.61. The molecule has 0 saturated heterocycles. The van der Waals surface area contributed by atoms with Gasteiger partial charge in [-0.2, -0.15) is 5.10 Å². The Balaban J connectivity index is 1.74. The second-order valence-electron chi connectivity index (χ2n) is 5.07. The molecule has 2 aromatic heterocycles. The summed E-state index contributed by atoms with van der Waals surface area (Å²) in [6.45, 7) is 1.86. The molecule has 2 heterocycles. The van der Waals surface area contributed by atoms with Gasteiger partial charge in [0.05, 0.1) is 18.8 Å². The van der Waals surface area contributed by atoms with Gasteiger partial charge in [-0.25, -0.2) is 4.98 Å². The first-order chi connectivity index (χ1) is 11.2. The van der Waals surface area contributed by atoms with Crippen LogP contribution in [-0.2, 0) is 0 Å². The molecule has 1 aromatic carbocycles. The molecule has 7 nitrogen and oxygen atoms in total. The number of aromatic nitrogens is 4. The van der Waals surface area contributed by atoms with E-state index in [1.807, 2.05) is 31.2 Å². The summed E-state index contributed by atoms with van der Waals surface area (Å²) in [4.78, 5) is 19.4. The first-order valence-corrected chi connectivity index (χ1v) is 7.17. The topological polar surface area (TPSA) is 95.7 Å². The average molecular weight is 311 g/mol. The van der Waals surface area contributed by atoms with Gasteiger partial charge < -0.3 is 15.0 Å². The fraction of sp³-hybridized carbons (Fsp3) is 0.188. The number of rotatable bonds is 5. The Labute approximate surface area is 133 Å². The van der Waals surface area contributed by atoms with Crippen LogP contribution in [0.25, 0.3) is 11.3 Å². The molecule has 3 rings (SSSR count). The van der Waals surface area contributed by atoms with E-state index >= 15 is 0 Å². The molecule has 1 atom stereocenters. The SMILES string of the molecule is COc1cccc(-c2cc(C(=O)N[C@@H](C)c3ncc[nH]3)[nH]n2)c1. The van der Waals surface area contributed by atoms with E-state index in [9.17, 15) is 4.79 Å². The van der Waals surface area contributed by atoms with Crippen LogP contribution in [0.4, 0.5) is 0 Å². The Morgan fingerprint density at radius 2 is 2.22 bits per heavy atom. The number of hydrogen-bond donors (Lipinski definition) is 3. The van der Waals surface area contributed by atoms with Gasteiger partial charge in [-0.3, -0.25) is 9.89 Å². The second kappa shape index (κ2) is 6.35. The van der Waals surface area contributed by atoms with E-state index in [0.717, 1.165) is 11.3 Å². The summed E-state index contributed by atoms with van der Waals surface area (Å²) in [6.07, 6.45) is 3.37. The lowest BCUT2D eigenvalue weighted by Gasteiger charge is -2.09. The number of ether oxygens (including phenoxy) is 1. The average Bonchev–Trinajstić information content (AvgIpc) is 3.26. The summed E-state index contributed by atoms with van der Waals surface area (Å²) < 4.78 is 5.20. The minimum Gasteiger partial charge on any atom is -0.497 e. The molecular weight excluding hydrogens is 294 g/mol. The molecule has 0 aliphatic heterocycles. The second-order valence-corrected chi connectivity index (χ2v) is 5.07. The highest BCUT2D eigenvalue weighted by atomic mass is 16.5. The van der Waals surface area contributed by atoms with Crippen molar-refractivity contribution < 1.29 is 9.53 Å². The zero-order valence-electron chi connectivity index (χ0n) is 12.8. The fourth-order valence-corrected chi connectivity index (χ4v) is 2.23. The van der Waals surface area contributed by atoms with E-state index in [2.05, 4.69) is 25.5 Å². The Morgan fingerprint density at radius 1 is 1.35 bits per heavy atom. The summed E-state index contributed by atoms with van der Waals surface area (Å²) in [5.41, 5.74) is 1.94. The molecule has 0 bridgehead atoms. The number of H-pyrrole nitrogens is 2. The lowest BCUT2D eigenvalue weighted by molar-refractivity contribution is 0.0933. The maximum Gasteiger partial charge on any atom is 0.269 e. The lowest BCUT2D eigenvalue weighted by atomic mass is 10.1. The van der Waals surface area contributed by atoms with Gasteiger partial charge in [0.2, 0.25) is 0 Å². The highest BCUT2D eigenvalue weighted by Gasteiger charge is 2.15. The van der Waals surface area contributed by atoms with E-state index in [-0.39, 0.29) is 11.9 Å². The maximum atomic E-state index is 12.3. The van der Waals surface area contributed by atoms with Crippen molar-refractivity contribution in [2.75, 3.05) is 7.11 Å². The number of hydrogen-bond acceptors (Lipinski definition) is 4. The van der Waals surface area contributed by atoms with Crippen molar-refractivity contribution in [2.45, 2.75) is 13.0 Å². The minimum atomic E-state index is -0.240. The lowest BCUT2D eigenvalue weighted by Crippen LogP contribution is -2.27. The summed E-state index contributed by atoms with van der Waals surface area (Å²) >= 11 is 0. The predicted octanol–water partition coefficient (Wildman–Crippen LogP) is 2.30. The standard InChI is InChI=1S/C16H17N5O2/c1-10(15-17-6-7-18-15)19-16(22)14-9-13(20-21-14)11-4-3-5-12(8-11)23-2/h3-10H,1-2H3,(H,17,18)(H,19,22)(H,20,21)/t10-/m0/s1. The Kier molecular flexibility index (Phi) is 4.09. The van der Waals surface area contributed by atoms with Crippen LogP contribution in [-0.4, -0.2) is 33.2 Å². The molecule has 23 heavy (non-hydrogen) atoms. The third kappa shape index (κ3) is 3.23. The molecule has 3 N–H and O–H groups in total. The number of amides is 1. The van der Waals surface area contributed by atoms with Crippen molar-refractivity contribution in [1.29, 1.82) is 0 Å². The van der Waals surface area contributed by atoms with Gasteiger partial charge in [0.15, 0.2) is 0 Å². The number of carbonyl (C=O) groups excluding carboxylic acids is 1. The van der Waals surface area contributed by atoms with E-state index in [4.69, 9.17) is 4.74 Å². The van der Waals surface area contributed by atoms with Gasteiger partial charge in [-0.05, 0) is 25.1 Å². The molecule has 0 spiro atoms. The van der Waals surface area contributed by atoms with Crippen LogP contribution in [0.2, 0.25) is 0 Å². The van der Waals surface area contributed by atoms with E-state index in [1.165, 1.54) is 0 Å².